The molecule has 0 spiro atoms. The first kappa shape index (κ1) is 19.7. The molecule has 1 atom stereocenters. The number of nitro groups is 1. The van der Waals surface area contributed by atoms with Crippen molar-refractivity contribution in [2.45, 2.75) is 12.8 Å². The van der Waals surface area contributed by atoms with Gasteiger partial charge >= 0.3 is 0 Å². The number of hydrogen-bond acceptors (Lipinski definition) is 5. The summed E-state index contributed by atoms with van der Waals surface area (Å²) in [6, 6.07) is 12.1. The first-order chi connectivity index (χ1) is 15.5. The summed E-state index contributed by atoms with van der Waals surface area (Å²) < 4.78 is 0. The largest absolute Gasteiger partial charge is 0.311 e. The van der Waals surface area contributed by atoms with Gasteiger partial charge in [-0.3, -0.25) is 19.7 Å². The molecule has 2 aromatic carbocycles. The van der Waals surface area contributed by atoms with Crippen LogP contribution in [0.3, 0.4) is 0 Å². The molecule has 32 heavy (non-hydrogen) atoms. The number of amides is 2. The van der Waals surface area contributed by atoms with E-state index in [1.54, 1.807) is 17.0 Å². The van der Waals surface area contributed by atoms with E-state index in [1.807, 2.05) is 42.5 Å². The highest BCUT2D eigenvalue weighted by Gasteiger charge is 2.28. The molecule has 0 fully saturated rings. The van der Waals surface area contributed by atoms with E-state index in [9.17, 15) is 19.7 Å². The van der Waals surface area contributed by atoms with Crippen molar-refractivity contribution in [3.8, 4) is 0 Å². The Hall–Kier alpha value is -4.20. The van der Waals surface area contributed by atoms with Crippen molar-refractivity contribution in [1.29, 1.82) is 0 Å². The lowest BCUT2D eigenvalue weighted by Gasteiger charge is -2.20. The summed E-state index contributed by atoms with van der Waals surface area (Å²) in [6.07, 6.45) is 8.23. The number of non-ortho nitro benzene ring substituents is 1. The average Bonchev–Trinajstić information content (AvgIpc) is 3.24. The minimum atomic E-state index is -0.451. The second-order valence-electron chi connectivity index (χ2n) is 7.80. The maximum absolute atomic E-state index is 12.9. The highest BCUT2D eigenvalue weighted by Crippen LogP contribution is 2.35. The Kier molecular flexibility index (Phi) is 4.82. The number of carbonyl (C=O) groups excluding carboxylic acids is 2. The van der Waals surface area contributed by atoms with Crippen molar-refractivity contribution >= 4 is 28.9 Å². The van der Waals surface area contributed by atoms with Crippen molar-refractivity contribution in [1.82, 2.24) is 0 Å². The van der Waals surface area contributed by atoms with Crippen molar-refractivity contribution in [3.63, 3.8) is 0 Å². The number of anilines is 1. The molecule has 3 aliphatic rings. The molecule has 0 saturated heterocycles. The van der Waals surface area contributed by atoms with Crippen LogP contribution in [0.25, 0.3) is 5.70 Å². The van der Waals surface area contributed by atoms with E-state index in [0.717, 1.165) is 22.3 Å². The van der Waals surface area contributed by atoms with Crippen LogP contribution >= 0.6 is 0 Å². The predicted molar refractivity (Wildman–Crippen MR) is 118 cm³/mol. The van der Waals surface area contributed by atoms with E-state index in [-0.39, 0.29) is 23.9 Å². The first-order valence-electron chi connectivity index (χ1n) is 10.2. The van der Waals surface area contributed by atoms with Crippen molar-refractivity contribution in [3.05, 3.63) is 99.1 Å². The van der Waals surface area contributed by atoms with Gasteiger partial charge < -0.3 is 4.90 Å². The smallest absolute Gasteiger partial charge is 0.276 e. The van der Waals surface area contributed by atoms with E-state index < -0.39 is 10.8 Å². The fourth-order valence-corrected chi connectivity index (χ4v) is 4.22. The number of fused-ring (bicyclic) bond motifs is 2. The van der Waals surface area contributed by atoms with Gasteiger partial charge in [0.05, 0.1) is 28.6 Å². The molecule has 2 aliphatic heterocycles. The molecule has 0 saturated carbocycles. The molecule has 2 aromatic rings. The zero-order valence-corrected chi connectivity index (χ0v) is 17.0. The molecular formula is C24H18N4O4. The fraction of sp³-hybridized carbons (Fsp3) is 0.167. The summed E-state index contributed by atoms with van der Waals surface area (Å²) in [5, 5.41) is 19.0. The highest BCUT2D eigenvalue weighted by molar-refractivity contribution is 5.97. The Bertz CT molecular complexity index is 1270. The van der Waals surface area contributed by atoms with Crippen LogP contribution in [0.1, 0.15) is 16.7 Å². The first-order valence-corrected chi connectivity index (χ1v) is 10.2. The van der Waals surface area contributed by atoms with Crippen LogP contribution in [0, 0.1) is 16.0 Å². The molecule has 5 rings (SSSR count). The summed E-state index contributed by atoms with van der Waals surface area (Å²) in [7, 11) is 0. The van der Waals surface area contributed by atoms with Crippen molar-refractivity contribution < 1.29 is 14.5 Å². The number of rotatable bonds is 4. The van der Waals surface area contributed by atoms with Gasteiger partial charge in [0.2, 0.25) is 5.91 Å². The Morgan fingerprint density at radius 3 is 2.72 bits per heavy atom. The Morgan fingerprint density at radius 1 is 1.12 bits per heavy atom. The zero-order chi connectivity index (χ0) is 22.2. The highest BCUT2D eigenvalue weighted by atomic mass is 16.6. The standard InChI is InChI=1S/C24H18N4O4/c29-22(27-12-11-16-9-10-18(28(31)32)14-21(16)27)13-15-5-7-17(8-6-15)23-19-3-1-2-4-20(19)24(30)26-25-23/h1-10,14,20H,11-13H2. The number of allylic oxidation sites excluding steroid dienone is 3. The SMILES string of the molecule is O=C1N=NC(c2ccc(CC(=O)N3CCc4ccc([N+](=O)[O-])cc43)cc2)=C2C=CC=CC12. The third-order valence-electron chi connectivity index (χ3n) is 5.87. The molecule has 8 heteroatoms. The molecule has 1 unspecified atom stereocenters. The second-order valence-corrected chi connectivity index (χ2v) is 7.80. The minimum absolute atomic E-state index is 0.0210. The maximum atomic E-state index is 12.9. The van der Waals surface area contributed by atoms with Crippen molar-refractivity contribution in [2.24, 2.45) is 16.1 Å². The number of hydrogen-bond donors (Lipinski definition) is 0. The molecule has 2 amide bonds. The van der Waals surface area contributed by atoms with Gasteiger partial charge in [0, 0.05) is 24.2 Å². The number of nitrogens with zero attached hydrogens (tertiary/aromatic N) is 4. The molecule has 2 heterocycles. The molecule has 0 radical (unpaired) electrons. The van der Waals surface area contributed by atoms with Gasteiger partial charge in [-0.1, -0.05) is 54.6 Å². The number of nitro benzene ring substituents is 1. The van der Waals surface area contributed by atoms with Gasteiger partial charge in [-0.2, -0.15) is 0 Å². The van der Waals surface area contributed by atoms with Gasteiger partial charge in [0.25, 0.3) is 11.6 Å². The topological polar surface area (TPSA) is 105 Å². The molecule has 1 aliphatic carbocycles. The van der Waals surface area contributed by atoms with Crippen LogP contribution in [-0.2, 0) is 22.4 Å². The van der Waals surface area contributed by atoms with Gasteiger partial charge in [0.15, 0.2) is 0 Å². The predicted octanol–water partition coefficient (Wildman–Crippen LogP) is 4.17. The molecule has 0 N–H and O–H groups in total. The minimum Gasteiger partial charge on any atom is -0.311 e. The normalized spacial score (nSPS) is 18.7. The van der Waals surface area contributed by atoms with Gasteiger partial charge in [-0.25, -0.2) is 0 Å². The van der Waals surface area contributed by atoms with E-state index >= 15 is 0 Å². The zero-order valence-electron chi connectivity index (χ0n) is 17.0. The second kappa shape index (κ2) is 7.81. The lowest BCUT2D eigenvalue weighted by Crippen LogP contribution is -2.30. The summed E-state index contributed by atoms with van der Waals surface area (Å²) in [4.78, 5) is 37.2. The van der Waals surface area contributed by atoms with E-state index in [1.165, 1.54) is 12.1 Å². The van der Waals surface area contributed by atoms with Crippen LogP contribution in [0.5, 0.6) is 0 Å². The van der Waals surface area contributed by atoms with Crippen LogP contribution in [0.4, 0.5) is 11.4 Å². The molecular weight excluding hydrogens is 408 g/mol. The fourth-order valence-electron chi connectivity index (χ4n) is 4.22. The monoisotopic (exact) mass is 426 g/mol. The number of benzene rings is 2. The van der Waals surface area contributed by atoms with E-state index in [4.69, 9.17) is 0 Å². The van der Waals surface area contributed by atoms with Crippen LogP contribution in [-0.4, -0.2) is 23.3 Å². The van der Waals surface area contributed by atoms with E-state index in [2.05, 4.69) is 10.2 Å². The van der Waals surface area contributed by atoms with E-state index in [0.29, 0.717) is 24.4 Å². The summed E-state index contributed by atoms with van der Waals surface area (Å²) in [5.74, 6) is -0.798. The quantitative estimate of drug-likeness (QED) is 0.540. The summed E-state index contributed by atoms with van der Waals surface area (Å²) >= 11 is 0. The van der Waals surface area contributed by atoms with Crippen LogP contribution in [0.15, 0.2) is 82.6 Å². The molecule has 0 aromatic heterocycles. The lowest BCUT2D eigenvalue weighted by atomic mass is 9.89. The maximum Gasteiger partial charge on any atom is 0.276 e. The average molecular weight is 426 g/mol. The lowest BCUT2D eigenvalue weighted by molar-refractivity contribution is -0.384. The Labute approximate surface area is 183 Å². The van der Waals surface area contributed by atoms with Crippen LogP contribution in [0.2, 0.25) is 0 Å². The van der Waals surface area contributed by atoms with Crippen molar-refractivity contribution in [2.75, 3.05) is 11.4 Å². The molecule has 8 nitrogen and oxygen atoms in total. The third-order valence-corrected chi connectivity index (χ3v) is 5.87. The van der Waals surface area contributed by atoms with Gasteiger partial charge in [-0.05, 0) is 23.1 Å². The summed E-state index contributed by atoms with van der Waals surface area (Å²) in [5.41, 5.74) is 4.63. The molecule has 158 valence electrons. The van der Waals surface area contributed by atoms with Crippen LogP contribution < -0.4 is 4.90 Å². The Morgan fingerprint density at radius 2 is 1.94 bits per heavy atom. The number of azo groups is 1. The molecule has 0 bridgehead atoms. The number of carbonyl (C=O) groups is 2. The third kappa shape index (κ3) is 3.45. The van der Waals surface area contributed by atoms with Gasteiger partial charge in [0.1, 0.15) is 0 Å². The summed E-state index contributed by atoms with van der Waals surface area (Å²) in [6.45, 7) is 0.513. The van der Waals surface area contributed by atoms with Gasteiger partial charge in [-0.15, -0.1) is 10.2 Å². The Balaban J connectivity index is 1.35.